The summed E-state index contributed by atoms with van der Waals surface area (Å²) >= 11 is 0. The van der Waals surface area contributed by atoms with Crippen molar-refractivity contribution in [1.82, 2.24) is 38.8 Å². The number of rotatable bonds is 3. The molecule has 0 unspecified atom stereocenters. The molecule has 0 aromatic carbocycles. The Kier molecular flexibility index (Phi) is 6.16. The van der Waals surface area contributed by atoms with Crippen LogP contribution in [0.3, 0.4) is 0 Å². The number of pyridine rings is 3. The lowest BCUT2D eigenvalue weighted by Crippen LogP contribution is -2.45. The van der Waals surface area contributed by atoms with E-state index in [4.69, 9.17) is 9.72 Å². The molecule has 0 radical (unpaired) electrons. The zero-order chi connectivity index (χ0) is 28.2. The maximum Gasteiger partial charge on any atom is 0.410 e. The average molecular weight is 541 g/mol. The number of likely N-dealkylation sites (tertiary alicyclic amines) is 1. The first-order chi connectivity index (χ1) is 19.1. The third kappa shape index (κ3) is 4.61. The van der Waals surface area contributed by atoms with E-state index >= 15 is 0 Å². The van der Waals surface area contributed by atoms with Gasteiger partial charge in [-0.2, -0.15) is 5.10 Å². The molecule has 1 fully saturated rings. The van der Waals surface area contributed by atoms with Gasteiger partial charge in [-0.25, -0.2) is 14.6 Å². The van der Waals surface area contributed by atoms with Crippen LogP contribution in [0.4, 0.5) is 4.79 Å². The second-order valence-corrected chi connectivity index (χ2v) is 11.3. The normalized spacial score (nSPS) is 16.1. The third-order valence-electron chi connectivity index (χ3n) is 7.24. The number of carbonyl (C=O) groups is 1. The monoisotopic (exact) mass is 540 g/mol. The SMILES string of the molecule is Cn1cc(-c2ccc(-c3ccc4ncc5c(c4n3)n([C@H]3CCCN(C(=O)OC(C)(C)C)C3)c(=O)n5C)cn2)cn1. The van der Waals surface area contributed by atoms with Crippen LogP contribution in [0.2, 0.25) is 0 Å². The van der Waals surface area contributed by atoms with Gasteiger partial charge in [-0.3, -0.25) is 23.8 Å². The number of imidazole rings is 1. The average Bonchev–Trinajstić information content (AvgIpc) is 3.48. The predicted molar refractivity (Wildman–Crippen MR) is 152 cm³/mol. The Balaban J connectivity index is 1.41. The Morgan fingerprint density at radius 1 is 1.00 bits per heavy atom. The highest BCUT2D eigenvalue weighted by molar-refractivity contribution is 6.00. The summed E-state index contributed by atoms with van der Waals surface area (Å²) in [6.07, 6.45) is 8.38. The van der Waals surface area contributed by atoms with Crippen molar-refractivity contribution in [3.63, 3.8) is 0 Å². The molecule has 40 heavy (non-hydrogen) atoms. The predicted octanol–water partition coefficient (Wildman–Crippen LogP) is 4.32. The summed E-state index contributed by atoms with van der Waals surface area (Å²) < 4.78 is 10.8. The Morgan fingerprint density at radius 3 is 2.50 bits per heavy atom. The highest BCUT2D eigenvalue weighted by Crippen LogP contribution is 2.30. The van der Waals surface area contributed by atoms with Crippen LogP contribution in [0.5, 0.6) is 0 Å². The molecule has 11 heteroatoms. The van der Waals surface area contributed by atoms with Crippen molar-refractivity contribution >= 4 is 28.2 Å². The summed E-state index contributed by atoms with van der Waals surface area (Å²) in [5.74, 6) is 0. The Hall–Kier alpha value is -4.54. The van der Waals surface area contributed by atoms with Crippen LogP contribution in [0.1, 0.15) is 39.7 Å². The van der Waals surface area contributed by atoms with Gasteiger partial charge < -0.3 is 9.64 Å². The highest BCUT2D eigenvalue weighted by atomic mass is 16.6. The molecular formula is C29H32N8O3. The van der Waals surface area contributed by atoms with E-state index < -0.39 is 5.60 Å². The number of carbonyl (C=O) groups excluding carboxylic acids is 1. The summed E-state index contributed by atoms with van der Waals surface area (Å²) in [4.78, 5) is 42.4. The zero-order valence-corrected chi connectivity index (χ0v) is 23.3. The standard InChI is InChI=1S/C29H32N8O3/c1-29(2,3)40-28(39)36-12-6-7-20(17-36)37-26-24(35(5)27(37)38)15-31-23-11-10-22(33-25(23)26)18-8-9-21(30-13-18)19-14-32-34(4)16-19/h8-11,13-16,20H,6-7,12,17H2,1-5H3/t20-/m0/s1. The van der Waals surface area contributed by atoms with E-state index in [2.05, 4.69) is 15.1 Å². The second kappa shape index (κ2) is 9.58. The molecule has 0 saturated carbocycles. The minimum atomic E-state index is -0.590. The van der Waals surface area contributed by atoms with Crippen molar-refractivity contribution < 1.29 is 9.53 Å². The van der Waals surface area contributed by atoms with Crippen LogP contribution in [0.25, 0.3) is 44.6 Å². The molecule has 1 amide bonds. The van der Waals surface area contributed by atoms with E-state index in [-0.39, 0.29) is 17.8 Å². The Bertz CT molecular complexity index is 1790. The van der Waals surface area contributed by atoms with Crippen LogP contribution in [0.15, 0.2) is 53.8 Å². The molecule has 5 aromatic heterocycles. The summed E-state index contributed by atoms with van der Waals surface area (Å²) in [6, 6.07) is 7.55. The van der Waals surface area contributed by atoms with E-state index in [1.54, 1.807) is 44.4 Å². The molecule has 206 valence electrons. The van der Waals surface area contributed by atoms with Crippen LogP contribution in [0, 0.1) is 0 Å². The maximum atomic E-state index is 13.6. The van der Waals surface area contributed by atoms with Gasteiger partial charge in [0, 0.05) is 50.7 Å². The molecule has 0 spiro atoms. The first kappa shape index (κ1) is 25.7. The number of hydrogen-bond donors (Lipinski definition) is 0. The van der Waals surface area contributed by atoms with Crippen molar-refractivity contribution in [3.8, 4) is 22.5 Å². The maximum absolute atomic E-state index is 13.6. The Labute approximate surface area is 231 Å². The van der Waals surface area contributed by atoms with Gasteiger partial charge in [0.05, 0.1) is 46.4 Å². The number of nitrogens with zero attached hydrogens (tertiary/aromatic N) is 8. The lowest BCUT2D eigenvalue weighted by Gasteiger charge is -2.34. The largest absolute Gasteiger partial charge is 0.444 e. The third-order valence-corrected chi connectivity index (χ3v) is 7.24. The quantitative estimate of drug-likeness (QED) is 0.335. The molecule has 1 aliphatic rings. The van der Waals surface area contributed by atoms with Crippen molar-refractivity contribution in [3.05, 3.63) is 59.5 Å². The van der Waals surface area contributed by atoms with E-state index in [0.29, 0.717) is 29.6 Å². The number of ether oxygens (including phenoxy) is 1. The minimum Gasteiger partial charge on any atom is -0.444 e. The van der Waals surface area contributed by atoms with E-state index in [1.807, 2.05) is 58.3 Å². The van der Waals surface area contributed by atoms with Crippen LogP contribution < -0.4 is 5.69 Å². The van der Waals surface area contributed by atoms with Gasteiger partial charge in [0.15, 0.2) is 0 Å². The molecule has 11 nitrogen and oxygen atoms in total. The van der Waals surface area contributed by atoms with Crippen molar-refractivity contribution in [2.45, 2.75) is 45.3 Å². The lowest BCUT2D eigenvalue weighted by molar-refractivity contribution is 0.0173. The van der Waals surface area contributed by atoms with Gasteiger partial charge >= 0.3 is 11.8 Å². The van der Waals surface area contributed by atoms with Crippen LogP contribution >= 0.6 is 0 Å². The van der Waals surface area contributed by atoms with Gasteiger partial charge in [-0.1, -0.05) is 0 Å². The first-order valence-corrected chi connectivity index (χ1v) is 13.4. The molecule has 0 N–H and O–H groups in total. The van der Waals surface area contributed by atoms with Gasteiger partial charge in [-0.05, 0) is 57.9 Å². The number of fused-ring (bicyclic) bond motifs is 3. The summed E-state index contributed by atoms with van der Waals surface area (Å²) in [5, 5.41) is 4.22. The molecule has 0 aliphatic carbocycles. The number of hydrogen-bond acceptors (Lipinski definition) is 7. The lowest BCUT2D eigenvalue weighted by atomic mass is 10.1. The molecular weight excluding hydrogens is 508 g/mol. The number of amides is 1. The van der Waals surface area contributed by atoms with Crippen LogP contribution in [-0.2, 0) is 18.8 Å². The first-order valence-electron chi connectivity index (χ1n) is 13.4. The molecule has 1 atom stereocenters. The topological polar surface area (TPSA) is 113 Å². The molecule has 1 saturated heterocycles. The Morgan fingerprint density at radius 2 is 1.80 bits per heavy atom. The van der Waals surface area contributed by atoms with Crippen molar-refractivity contribution in [2.24, 2.45) is 14.1 Å². The number of aromatic nitrogens is 7. The molecule has 6 heterocycles. The highest BCUT2D eigenvalue weighted by Gasteiger charge is 2.31. The van der Waals surface area contributed by atoms with Crippen molar-refractivity contribution in [1.29, 1.82) is 0 Å². The summed E-state index contributed by atoms with van der Waals surface area (Å²) in [5.41, 5.74) is 5.34. The van der Waals surface area contributed by atoms with Gasteiger partial charge in [0.2, 0.25) is 0 Å². The fourth-order valence-corrected chi connectivity index (χ4v) is 5.31. The smallest absolute Gasteiger partial charge is 0.410 e. The van der Waals surface area contributed by atoms with Gasteiger partial charge in [0.25, 0.3) is 0 Å². The molecule has 5 aromatic rings. The fraction of sp³-hybridized carbons (Fsp3) is 0.379. The zero-order valence-electron chi connectivity index (χ0n) is 23.3. The summed E-state index contributed by atoms with van der Waals surface area (Å²) in [6.45, 7) is 6.54. The molecule has 1 aliphatic heterocycles. The number of piperidine rings is 1. The van der Waals surface area contributed by atoms with E-state index in [0.717, 1.165) is 40.9 Å². The van der Waals surface area contributed by atoms with Gasteiger partial charge in [0.1, 0.15) is 11.1 Å². The minimum absolute atomic E-state index is 0.157. The molecule has 0 bridgehead atoms. The molecule has 6 rings (SSSR count). The van der Waals surface area contributed by atoms with Crippen molar-refractivity contribution in [2.75, 3.05) is 13.1 Å². The number of aryl methyl sites for hydroxylation is 2. The van der Waals surface area contributed by atoms with E-state index in [9.17, 15) is 9.59 Å². The summed E-state index contributed by atoms with van der Waals surface area (Å²) in [7, 11) is 3.62. The fourth-order valence-electron chi connectivity index (χ4n) is 5.31. The van der Waals surface area contributed by atoms with Gasteiger partial charge in [-0.15, -0.1) is 0 Å². The van der Waals surface area contributed by atoms with E-state index in [1.165, 1.54) is 0 Å². The van der Waals surface area contributed by atoms with Crippen LogP contribution in [-0.4, -0.2) is 63.6 Å². The second-order valence-electron chi connectivity index (χ2n) is 11.3.